The summed E-state index contributed by atoms with van der Waals surface area (Å²) in [6.07, 6.45) is 1.05. The molecule has 3 aromatic rings. The van der Waals surface area contributed by atoms with Gasteiger partial charge < -0.3 is 15.5 Å². The van der Waals surface area contributed by atoms with Crippen molar-refractivity contribution in [3.05, 3.63) is 58.7 Å². The summed E-state index contributed by atoms with van der Waals surface area (Å²) >= 11 is 6.16. The van der Waals surface area contributed by atoms with Crippen molar-refractivity contribution < 1.29 is 4.79 Å². The SMILES string of the molecule is Cc1ccc(Cl)cc1N1CCC(CNC(=O)NCc2nn(C)c3ccccc23)C1. The molecule has 2 amide bonds. The minimum absolute atomic E-state index is 0.155. The number of hydrogen-bond donors (Lipinski definition) is 2. The number of halogens is 1. The van der Waals surface area contributed by atoms with Gasteiger partial charge in [-0.3, -0.25) is 4.68 Å². The molecule has 1 aromatic heterocycles. The van der Waals surface area contributed by atoms with Crippen LogP contribution in [0.3, 0.4) is 0 Å². The van der Waals surface area contributed by atoms with E-state index in [9.17, 15) is 4.79 Å². The Labute approximate surface area is 175 Å². The van der Waals surface area contributed by atoms with Gasteiger partial charge in [0.05, 0.1) is 17.8 Å². The summed E-state index contributed by atoms with van der Waals surface area (Å²) in [4.78, 5) is 14.6. The Bertz CT molecular complexity index is 1030. The number of nitrogens with zero attached hydrogens (tertiary/aromatic N) is 3. The number of aromatic nitrogens is 2. The van der Waals surface area contributed by atoms with Crippen molar-refractivity contribution in [2.45, 2.75) is 19.9 Å². The lowest BCUT2D eigenvalue weighted by Crippen LogP contribution is -2.38. The van der Waals surface area contributed by atoms with Crippen LogP contribution in [0.5, 0.6) is 0 Å². The van der Waals surface area contributed by atoms with Crippen LogP contribution in [0.4, 0.5) is 10.5 Å². The highest BCUT2D eigenvalue weighted by molar-refractivity contribution is 6.30. The maximum atomic E-state index is 12.3. The number of para-hydroxylation sites is 1. The summed E-state index contributed by atoms with van der Waals surface area (Å²) in [6, 6.07) is 13.9. The first kappa shape index (κ1) is 19.6. The minimum atomic E-state index is -0.155. The van der Waals surface area contributed by atoms with Gasteiger partial charge in [-0.25, -0.2) is 4.79 Å². The molecule has 2 aromatic carbocycles. The largest absolute Gasteiger partial charge is 0.371 e. The van der Waals surface area contributed by atoms with E-state index in [0.29, 0.717) is 19.0 Å². The van der Waals surface area contributed by atoms with Crippen molar-refractivity contribution >= 4 is 34.2 Å². The molecule has 1 aliphatic rings. The predicted molar refractivity (Wildman–Crippen MR) is 117 cm³/mol. The van der Waals surface area contributed by atoms with Crippen LogP contribution < -0.4 is 15.5 Å². The van der Waals surface area contributed by atoms with Gasteiger partial charge in [-0.15, -0.1) is 0 Å². The maximum absolute atomic E-state index is 12.3. The normalized spacial score (nSPS) is 16.4. The zero-order chi connectivity index (χ0) is 20.4. The van der Waals surface area contributed by atoms with Gasteiger partial charge in [0.15, 0.2) is 0 Å². The second-order valence-corrected chi connectivity index (χ2v) is 8.12. The average Bonchev–Trinajstić information content (AvgIpc) is 3.32. The van der Waals surface area contributed by atoms with Crippen LogP contribution in [0.25, 0.3) is 10.9 Å². The van der Waals surface area contributed by atoms with Crippen LogP contribution in [0.15, 0.2) is 42.5 Å². The molecule has 1 saturated heterocycles. The molecule has 7 heteroatoms. The lowest BCUT2D eigenvalue weighted by atomic mass is 10.1. The number of amides is 2. The number of urea groups is 1. The average molecular weight is 412 g/mol. The van der Waals surface area contributed by atoms with Crippen molar-refractivity contribution in [2.75, 3.05) is 24.5 Å². The Morgan fingerprint density at radius 2 is 2.07 bits per heavy atom. The van der Waals surface area contributed by atoms with E-state index in [-0.39, 0.29) is 6.03 Å². The molecular weight excluding hydrogens is 386 g/mol. The third-order valence-corrected chi connectivity index (χ3v) is 5.83. The molecule has 1 atom stereocenters. The summed E-state index contributed by atoms with van der Waals surface area (Å²) in [5, 5.41) is 12.3. The van der Waals surface area contributed by atoms with E-state index in [1.54, 1.807) is 0 Å². The fraction of sp³-hybridized carbons (Fsp3) is 0.364. The summed E-state index contributed by atoms with van der Waals surface area (Å²) in [5.41, 5.74) is 4.35. The highest BCUT2D eigenvalue weighted by atomic mass is 35.5. The van der Waals surface area contributed by atoms with Crippen molar-refractivity contribution in [1.82, 2.24) is 20.4 Å². The molecule has 0 spiro atoms. The predicted octanol–water partition coefficient (Wildman–Crippen LogP) is 3.86. The van der Waals surface area contributed by atoms with Crippen LogP contribution in [-0.2, 0) is 13.6 Å². The van der Waals surface area contributed by atoms with Gasteiger partial charge >= 0.3 is 6.03 Å². The lowest BCUT2D eigenvalue weighted by Gasteiger charge is -2.21. The lowest BCUT2D eigenvalue weighted by molar-refractivity contribution is 0.239. The third-order valence-electron chi connectivity index (χ3n) is 5.60. The van der Waals surface area contributed by atoms with Crippen molar-refractivity contribution in [3.63, 3.8) is 0 Å². The van der Waals surface area contributed by atoms with Gasteiger partial charge in [0.2, 0.25) is 0 Å². The number of aryl methyl sites for hydroxylation is 2. The van der Waals surface area contributed by atoms with Crippen molar-refractivity contribution in [3.8, 4) is 0 Å². The van der Waals surface area contributed by atoms with Gasteiger partial charge in [0.1, 0.15) is 0 Å². The molecule has 6 nitrogen and oxygen atoms in total. The number of anilines is 1. The quantitative estimate of drug-likeness (QED) is 0.670. The van der Waals surface area contributed by atoms with E-state index < -0.39 is 0 Å². The number of fused-ring (bicyclic) bond motifs is 1. The minimum Gasteiger partial charge on any atom is -0.371 e. The Hall–Kier alpha value is -2.73. The molecule has 2 heterocycles. The molecule has 1 aliphatic heterocycles. The third kappa shape index (κ3) is 4.32. The zero-order valence-corrected chi connectivity index (χ0v) is 17.5. The fourth-order valence-corrected chi connectivity index (χ4v) is 4.19. The molecule has 2 N–H and O–H groups in total. The van der Waals surface area contributed by atoms with Crippen molar-refractivity contribution in [2.24, 2.45) is 13.0 Å². The molecule has 0 saturated carbocycles. The number of nitrogens with one attached hydrogen (secondary N) is 2. The van der Waals surface area contributed by atoms with E-state index in [1.807, 2.05) is 48.1 Å². The Balaban J connectivity index is 1.27. The standard InChI is InChI=1S/C22H26ClN5O/c1-15-7-8-17(23)11-21(15)28-10-9-16(14-28)12-24-22(29)25-13-19-18-5-3-4-6-20(18)27(2)26-19/h3-8,11,16H,9-10,12-14H2,1-2H3,(H2,24,25,29). The van der Waals surface area contributed by atoms with Crippen molar-refractivity contribution in [1.29, 1.82) is 0 Å². The van der Waals surface area contributed by atoms with Crippen LogP contribution in [-0.4, -0.2) is 35.4 Å². The molecule has 0 radical (unpaired) electrons. The van der Waals surface area contributed by atoms with Gasteiger partial charge in [0.25, 0.3) is 0 Å². The first-order chi connectivity index (χ1) is 14.0. The van der Waals surface area contributed by atoms with E-state index in [2.05, 4.69) is 33.6 Å². The summed E-state index contributed by atoms with van der Waals surface area (Å²) < 4.78 is 1.84. The summed E-state index contributed by atoms with van der Waals surface area (Å²) in [5.74, 6) is 0.426. The Kier molecular flexibility index (Phi) is 5.62. The number of carbonyl (C=O) groups is 1. The van der Waals surface area contributed by atoms with Gasteiger partial charge in [-0.1, -0.05) is 35.9 Å². The topological polar surface area (TPSA) is 62.2 Å². The molecule has 4 rings (SSSR count). The number of benzene rings is 2. The van der Waals surface area contributed by atoms with E-state index >= 15 is 0 Å². The maximum Gasteiger partial charge on any atom is 0.315 e. The molecule has 1 fully saturated rings. The zero-order valence-electron chi connectivity index (χ0n) is 16.8. The second kappa shape index (κ2) is 8.33. The van der Waals surface area contributed by atoms with Gasteiger partial charge in [-0.05, 0) is 43.0 Å². The molecule has 0 bridgehead atoms. The molecule has 0 aliphatic carbocycles. The monoisotopic (exact) mass is 411 g/mol. The molecular formula is C22H26ClN5O. The van der Waals surface area contributed by atoms with Gasteiger partial charge in [0, 0.05) is 42.8 Å². The smallest absolute Gasteiger partial charge is 0.315 e. The molecule has 1 unspecified atom stereocenters. The second-order valence-electron chi connectivity index (χ2n) is 7.68. The summed E-state index contributed by atoms with van der Waals surface area (Å²) in [6.45, 7) is 5.07. The van der Waals surface area contributed by atoms with Crippen LogP contribution >= 0.6 is 11.6 Å². The Morgan fingerprint density at radius 1 is 1.24 bits per heavy atom. The number of carbonyl (C=O) groups excluding carboxylic acids is 1. The van der Waals surface area contributed by atoms with Crippen LogP contribution in [0.2, 0.25) is 5.02 Å². The van der Waals surface area contributed by atoms with E-state index in [4.69, 9.17) is 11.6 Å². The first-order valence-corrected chi connectivity index (χ1v) is 10.3. The Morgan fingerprint density at radius 3 is 2.93 bits per heavy atom. The fourth-order valence-electron chi connectivity index (χ4n) is 4.02. The highest BCUT2D eigenvalue weighted by Gasteiger charge is 2.24. The van der Waals surface area contributed by atoms with Crippen LogP contribution in [0.1, 0.15) is 17.7 Å². The van der Waals surface area contributed by atoms with Crippen LogP contribution in [0, 0.1) is 12.8 Å². The highest BCUT2D eigenvalue weighted by Crippen LogP contribution is 2.29. The first-order valence-electron chi connectivity index (χ1n) is 9.94. The van der Waals surface area contributed by atoms with Gasteiger partial charge in [-0.2, -0.15) is 5.10 Å². The summed E-state index contributed by atoms with van der Waals surface area (Å²) in [7, 11) is 1.92. The number of hydrogen-bond acceptors (Lipinski definition) is 3. The molecule has 152 valence electrons. The van der Waals surface area contributed by atoms with E-state index in [0.717, 1.165) is 41.1 Å². The molecule has 29 heavy (non-hydrogen) atoms. The number of rotatable bonds is 5. The van der Waals surface area contributed by atoms with E-state index in [1.165, 1.54) is 11.3 Å².